The fourth-order valence-electron chi connectivity index (χ4n) is 2.76. The van der Waals surface area contributed by atoms with Gasteiger partial charge in [-0.15, -0.1) is 0 Å². The molecule has 88 valence electrons. The molecule has 1 saturated carbocycles. The molecule has 1 fully saturated rings. The number of hydrogen-bond donors (Lipinski definition) is 1. The Morgan fingerprint density at radius 3 is 3.00 bits per heavy atom. The summed E-state index contributed by atoms with van der Waals surface area (Å²) in [5.74, 6) is 1.35. The molecule has 0 amide bonds. The summed E-state index contributed by atoms with van der Waals surface area (Å²) >= 11 is 0. The van der Waals surface area contributed by atoms with E-state index in [9.17, 15) is 5.11 Å². The normalized spacial score (nSPS) is 26.9. The Morgan fingerprint density at radius 2 is 2.38 bits per heavy atom. The fraction of sp³-hybridized carbons (Fsp3) is 0.643. The van der Waals surface area contributed by atoms with E-state index in [1.807, 2.05) is 18.3 Å². The van der Waals surface area contributed by atoms with Crippen molar-refractivity contribution in [2.45, 2.75) is 45.1 Å². The number of pyridine rings is 1. The van der Waals surface area contributed by atoms with Crippen molar-refractivity contribution < 1.29 is 5.11 Å². The number of aliphatic hydroxyl groups excluding tert-OH is 1. The summed E-state index contributed by atoms with van der Waals surface area (Å²) in [6, 6.07) is 3.98. The van der Waals surface area contributed by atoms with Crippen molar-refractivity contribution >= 4 is 0 Å². The van der Waals surface area contributed by atoms with Crippen LogP contribution in [0, 0.1) is 11.8 Å². The molecule has 1 heterocycles. The van der Waals surface area contributed by atoms with Gasteiger partial charge in [0.25, 0.3) is 0 Å². The largest absolute Gasteiger partial charge is 0.392 e. The van der Waals surface area contributed by atoms with E-state index in [0.717, 1.165) is 17.9 Å². The third-order valence-electron chi connectivity index (χ3n) is 3.87. The zero-order valence-corrected chi connectivity index (χ0v) is 9.97. The molecular weight excluding hydrogens is 198 g/mol. The Balaban J connectivity index is 1.87. The number of aromatic nitrogens is 1. The first kappa shape index (κ1) is 11.6. The van der Waals surface area contributed by atoms with Gasteiger partial charge in [-0.1, -0.05) is 25.8 Å². The summed E-state index contributed by atoms with van der Waals surface area (Å²) in [4.78, 5) is 4.08. The van der Waals surface area contributed by atoms with Crippen molar-refractivity contribution in [1.82, 2.24) is 4.98 Å². The van der Waals surface area contributed by atoms with Crippen LogP contribution in [0.15, 0.2) is 24.5 Å². The standard InChI is InChI=1S/C14H21NO/c1-2-11-5-6-13(8-11)14(16)9-12-4-3-7-15-10-12/h3-4,7,10-11,13-14,16H,2,5-6,8-9H2,1H3. The molecule has 2 rings (SSSR count). The second kappa shape index (κ2) is 5.44. The van der Waals surface area contributed by atoms with Crippen LogP contribution < -0.4 is 0 Å². The summed E-state index contributed by atoms with van der Waals surface area (Å²) in [6.07, 6.45) is 9.17. The molecule has 1 aliphatic carbocycles. The average molecular weight is 219 g/mol. The third-order valence-corrected chi connectivity index (χ3v) is 3.87. The Bertz CT molecular complexity index is 312. The van der Waals surface area contributed by atoms with Gasteiger partial charge in [0.05, 0.1) is 6.10 Å². The van der Waals surface area contributed by atoms with E-state index in [1.54, 1.807) is 6.20 Å². The van der Waals surface area contributed by atoms with Gasteiger partial charge in [-0.3, -0.25) is 4.98 Å². The zero-order chi connectivity index (χ0) is 11.4. The van der Waals surface area contributed by atoms with E-state index in [-0.39, 0.29) is 6.10 Å². The third kappa shape index (κ3) is 2.82. The van der Waals surface area contributed by atoms with Crippen molar-refractivity contribution in [3.63, 3.8) is 0 Å². The molecule has 2 nitrogen and oxygen atoms in total. The molecule has 0 aliphatic heterocycles. The number of hydrogen-bond acceptors (Lipinski definition) is 2. The Kier molecular flexibility index (Phi) is 3.94. The summed E-state index contributed by atoms with van der Waals surface area (Å²) in [5.41, 5.74) is 1.15. The van der Waals surface area contributed by atoms with Crippen molar-refractivity contribution in [2.75, 3.05) is 0 Å². The fourth-order valence-corrected chi connectivity index (χ4v) is 2.76. The van der Waals surface area contributed by atoms with Crippen LogP contribution in [-0.4, -0.2) is 16.2 Å². The number of nitrogens with zero attached hydrogens (tertiary/aromatic N) is 1. The van der Waals surface area contributed by atoms with Crippen LogP contribution in [0.4, 0.5) is 0 Å². The lowest BCUT2D eigenvalue weighted by Crippen LogP contribution is -2.20. The molecule has 0 aromatic carbocycles. The smallest absolute Gasteiger partial charge is 0.0609 e. The predicted octanol–water partition coefficient (Wildman–Crippen LogP) is 2.81. The SMILES string of the molecule is CCC1CCC(C(O)Cc2cccnc2)C1. The first-order valence-electron chi connectivity index (χ1n) is 6.36. The minimum absolute atomic E-state index is 0.180. The molecule has 0 radical (unpaired) electrons. The highest BCUT2D eigenvalue weighted by Gasteiger charge is 2.28. The van der Waals surface area contributed by atoms with Gasteiger partial charge in [0, 0.05) is 18.8 Å². The van der Waals surface area contributed by atoms with Crippen LogP contribution >= 0.6 is 0 Å². The molecule has 1 aromatic rings. The van der Waals surface area contributed by atoms with E-state index >= 15 is 0 Å². The van der Waals surface area contributed by atoms with E-state index in [0.29, 0.717) is 5.92 Å². The van der Waals surface area contributed by atoms with Crippen molar-refractivity contribution in [3.05, 3.63) is 30.1 Å². The molecular formula is C14H21NO. The Hall–Kier alpha value is -0.890. The van der Waals surface area contributed by atoms with Crippen LogP contribution in [0.2, 0.25) is 0 Å². The molecule has 0 spiro atoms. The van der Waals surface area contributed by atoms with Gasteiger partial charge in [0.2, 0.25) is 0 Å². The highest BCUT2D eigenvalue weighted by molar-refractivity contribution is 5.10. The van der Waals surface area contributed by atoms with Crippen molar-refractivity contribution in [1.29, 1.82) is 0 Å². The molecule has 3 atom stereocenters. The number of aliphatic hydroxyl groups is 1. The second-order valence-electron chi connectivity index (χ2n) is 4.98. The van der Waals surface area contributed by atoms with Gasteiger partial charge in [-0.2, -0.15) is 0 Å². The van der Waals surface area contributed by atoms with E-state index in [1.165, 1.54) is 25.7 Å². The van der Waals surface area contributed by atoms with Crippen molar-refractivity contribution in [3.8, 4) is 0 Å². The first-order valence-corrected chi connectivity index (χ1v) is 6.36. The zero-order valence-electron chi connectivity index (χ0n) is 9.97. The van der Waals surface area contributed by atoms with Crippen LogP contribution in [-0.2, 0) is 6.42 Å². The lowest BCUT2D eigenvalue weighted by Gasteiger charge is -2.18. The summed E-state index contributed by atoms with van der Waals surface area (Å²) < 4.78 is 0. The van der Waals surface area contributed by atoms with Gasteiger partial charge in [-0.25, -0.2) is 0 Å². The summed E-state index contributed by atoms with van der Waals surface area (Å²) in [7, 11) is 0. The van der Waals surface area contributed by atoms with E-state index in [4.69, 9.17) is 0 Å². The average Bonchev–Trinajstić information content (AvgIpc) is 2.79. The van der Waals surface area contributed by atoms with Gasteiger partial charge >= 0.3 is 0 Å². The highest BCUT2D eigenvalue weighted by atomic mass is 16.3. The lowest BCUT2D eigenvalue weighted by atomic mass is 9.94. The maximum atomic E-state index is 10.2. The van der Waals surface area contributed by atoms with E-state index in [2.05, 4.69) is 11.9 Å². The lowest BCUT2D eigenvalue weighted by molar-refractivity contribution is 0.108. The second-order valence-corrected chi connectivity index (χ2v) is 4.98. The molecule has 2 heteroatoms. The monoisotopic (exact) mass is 219 g/mol. The van der Waals surface area contributed by atoms with Crippen molar-refractivity contribution in [2.24, 2.45) is 11.8 Å². The van der Waals surface area contributed by atoms with Crippen LogP contribution in [0.3, 0.4) is 0 Å². The Morgan fingerprint density at radius 1 is 1.50 bits per heavy atom. The van der Waals surface area contributed by atoms with Gasteiger partial charge < -0.3 is 5.11 Å². The molecule has 1 aromatic heterocycles. The number of rotatable bonds is 4. The van der Waals surface area contributed by atoms with E-state index < -0.39 is 0 Å². The molecule has 0 bridgehead atoms. The topological polar surface area (TPSA) is 33.1 Å². The molecule has 0 saturated heterocycles. The molecule has 3 unspecified atom stereocenters. The Labute approximate surface area is 97.7 Å². The quantitative estimate of drug-likeness (QED) is 0.844. The maximum Gasteiger partial charge on any atom is 0.0609 e. The minimum Gasteiger partial charge on any atom is -0.392 e. The molecule has 1 aliphatic rings. The van der Waals surface area contributed by atoms with Crippen LogP contribution in [0.1, 0.15) is 38.2 Å². The molecule has 16 heavy (non-hydrogen) atoms. The van der Waals surface area contributed by atoms with Gasteiger partial charge in [0.15, 0.2) is 0 Å². The van der Waals surface area contributed by atoms with Gasteiger partial charge in [0.1, 0.15) is 0 Å². The highest BCUT2D eigenvalue weighted by Crippen LogP contribution is 2.35. The van der Waals surface area contributed by atoms with Crippen LogP contribution in [0.25, 0.3) is 0 Å². The first-order chi connectivity index (χ1) is 7.79. The minimum atomic E-state index is -0.180. The maximum absolute atomic E-state index is 10.2. The summed E-state index contributed by atoms with van der Waals surface area (Å²) in [5, 5.41) is 10.2. The summed E-state index contributed by atoms with van der Waals surface area (Å²) in [6.45, 7) is 2.25. The predicted molar refractivity (Wildman–Crippen MR) is 65.1 cm³/mol. The van der Waals surface area contributed by atoms with Crippen LogP contribution in [0.5, 0.6) is 0 Å². The molecule has 1 N–H and O–H groups in total. The van der Waals surface area contributed by atoms with Gasteiger partial charge in [-0.05, 0) is 36.3 Å².